The van der Waals surface area contributed by atoms with E-state index in [1.165, 1.54) is 11.8 Å². The summed E-state index contributed by atoms with van der Waals surface area (Å²) < 4.78 is 0. The Hall–Kier alpha value is -0.180. The van der Waals surface area contributed by atoms with Crippen LogP contribution in [-0.4, -0.2) is 28.5 Å². The molecule has 2 nitrogen and oxygen atoms in total. The van der Waals surface area contributed by atoms with Crippen molar-refractivity contribution in [2.75, 3.05) is 13.1 Å². The molecule has 0 aliphatic heterocycles. The standard InChI is InChI=1S/C12H25NOS/c1-5-7-9-13(10-8-6-2)12(14)15-11(3)4/h11H,5-10H2,1-4H3. The Bertz CT molecular complexity index is 163. The number of carbonyl (C=O) groups is 1. The van der Waals surface area contributed by atoms with E-state index in [1.54, 1.807) is 0 Å². The first-order valence-electron chi connectivity index (χ1n) is 6.07. The molecule has 0 bridgehead atoms. The number of amides is 1. The molecule has 0 aliphatic rings. The molecular formula is C12H25NOS. The van der Waals surface area contributed by atoms with Crippen LogP contribution in [0.15, 0.2) is 0 Å². The number of unbranched alkanes of at least 4 members (excludes halogenated alkanes) is 2. The summed E-state index contributed by atoms with van der Waals surface area (Å²) in [6.07, 6.45) is 4.55. The molecule has 0 saturated carbocycles. The lowest BCUT2D eigenvalue weighted by atomic mass is 10.3. The van der Waals surface area contributed by atoms with Crippen LogP contribution in [0.25, 0.3) is 0 Å². The minimum atomic E-state index is 0.256. The van der Waals surface area contributed by atoms with E-state index in [4.69, 9.17) is 0 Å². The zero-order chi connectivity index (χ0) is 11.7. The van der Waals surface area contributed by atoms with E-state index in [0.717, 1.165) is 38.8 Å². The normalized spacial score (nSPS) is 10.7. The number of hydrogen-bond acceptors (Lipinski definition) is 2. The molecule has 0 aromatic rings. The number of hydrogen-bond donors (Lipinski definition) is 0. The first-order valence-corrected chi connectivity index (χ1v) is 6.95. The summed E-state index contributed by atoms with van der Waals surface area (Å²) in [5.41, 5.74) is 0. The highest BCUT2D eigenvalue weighted by atomic mass is 32.2. The van der Waals surface area contributed by atoms with Gasteiger partial charge < -0.3 is 4.90 Å². The molecule has 0 radical (unpaired) electrons. The average Bonchev–Trinajstić information content (AvgIpc) is 2.17. The molecule has 0 saturated heterocycles. The Morgan fingerprint density at radius 3 is 1.93 bits per heavy atom. The molecule has 0 aliphatic carbocycles. The zero-order valence-electron chi connectivity index (χ0n) is 10.6. The van der Waals surface area contributed by atoms with Crippen LogP contribution < -0.4 is 0 Å². The third-order valence-electron chi connectivity index (χ3n) is 2.16. The summed E-state index contributed by atoms with van der Waals surface area (Å²) >= 11 is 1.45. The molecule has 0 N–H and O–H groups in total. The first kappa shape index (κ1) is 14.8. The third-order valence-corrected chi connectivity index (χ3v) is 3.09. The summed E-state index contributed by atoms with van der Waals surface area (Å²) in [7, 11) is 0. The monoisotopic (exact) mass is 231 g/mol. The molecule has 0 aromatic heterocycles. The topological polar surface area (TPSA) is 20.3 Å². The minimum absolute atomic E-state index is 0.256. The number of rotatable bonds is 7. The van der Waals surface area contributed by atoms with Gasteiger partial charge in [0.25, 0.3) is 5.24 Å². The zero-order valence-corrected chi connectivity index (χ0v) is 11.4. The van der Waals surface area contributed by atoms with E-state index in [2.05, 4.69) is 27.7 Å². The Kier molecular flexibility index (Phi) is 8.97. The lowest BCUT2D eigenvalue weighted by Crippen LogP contribution is -2.30. The Labute approximate surface area is 98.8 Å². The highest BCUT2D eigenvalue weighted by molar-refractivity contribution is 8.14. The number of nitrogens with zero attached hydrogens (tertiary/aromatic N) is 1. The summed E-state index contributed by atoms with van der Waals surface area (Å²) in [5.74, 6) is 0. The van der Waals surface area contributed by atoms with Crippen LogP contribution in [0.4, 0.5) is 4.79 Å². The molecule has 0 unspecified atom stereocenters. The molecule has 0 heterocycles. The molecule has 0 rings (SSSR count). The summed E-state index contributed by atoms with van der Waals surface area (Å²) in [5, 5.41) is 0.648. The molecular weight excluding hydrogens is 206 g/mol. The number of thioether (sulfide) groups is 1. The maximum atomic E-state index is 11.9. The van der Waals surface area contributed by atoms with Crippen molar-refractivity contribution in [1.82, 2.24) is 4.90 Å². The fourth-order valence-electron chi connectivity index (χ4n) is 1.27. The van der Waals surface area contributed by atoms with Crippen molar-refractivity contribution in [1.29, 1.82) is 0 Å². The molecule has 0 spiro atoms. The van der Waals surface area contributed by atoms with E-state index in [9.17, 15) is 4.79 Å². The van der Waals surface area contributed by atoms with Gasteiger partial charge in [-0.05, 0) is 12.8 Å². The van der Waals surface area contributed by atoms with Gasteiger partial charge in [0.1, 0.15) is 0 Å². The highest BCUT2D eigenvalue weighted by Gasteiger charge is 2.14. The molecule has 90 valence electrons. The van der Waals surface area contributed by atoms with Gasteiger partial charge in [-0.25, -0.2) is 0 Å². The van der Waals surface area contributed by atoms with E-state index < -0.39 is 0 Å². The predicted octanol–water partition coefficient (Wildman–Crippen LogP) is 4.15. The van der Waals surface area contributed by atoms with Gasteiger partial charge >= 0.3 is 0 Å². The second-order valence-electron chi connectivity index (χ2n) is 4.13. The molecule has 3 heteroatoms. The highest BCUT2D eigenvalue weighted by Crippen LogP contribution is 2.16. The Balaban J connectivity index is 4.01. The van der Waals surface area contributed by atoms with Crippen LogP contribution in [0.2, 0.25) is 0 Å². The molecule has 0 fully saturated rings. The maximum absolute atomic E-state index is 11.9. The Morgan fingerprint density at radius 1 is 1.13 bits per heavy atom. The SMILES string of the molecule is CCCCN(CCCC)C(=O)SC(C)C. The minimum Gasteiger partial charge on any atom is -0.334 e. The van der Waals surface area contributed by atoms with Crippen LogP contribution in [0, 0.1) is 0 Å². The van der Waals surface area contributed by atoms with Crippen molar-refractivity contribution in [2.45, 2.75) is 58.6 Å². The van der Waals surface area contributed by atoms with Gasteiger partial charge in [-0.2, -0.15) is 0 Å². The van der Waals surface area contributed by atoms with Crippen molar-refractivity contribution in [3.05, 3.63) is 0 Å². The van der Waals surface area contributed by atoms with E-state index in [1.807, 2.05) is 4.90 Å². The van der Waals surface area contributed by atoms with Gasteiger partial charge in [0.2, 0.25) is 0 Å². The van der Waals surface area contributed by atoms with Gasteiger partial charge in [0.15, 0.2) is 0 Å². The lowest BCUT2D eigenvalue weighted by molar-refractivity contribution is 0.221. The number of carbonyl (C=O) groups excluding carboxylic acids is 1. The van der Waals surface area contributed by atoms with Gasteiger partial charge in [-0.3, -0.25) is 4.79 Å². The van der Waals surface area contributed by atoms with Crippen LogP contribution in [-0.2, 0) is 0 Å². The van der Waals surface area contributed by atoms with Crippen molar-refractivity contribution >= 4 is 17.0 Å². The van der Waals surface area contributed by atoms with Crippen molar-refractivity contribution in [2.24, 2.45) is 0 Å². The quantitative estimate of drug-likeness (QED) is 0.656. The van der Waals surface area contributed by atoms with Crippen molar-refractivity contribution < 1.29 is 4.79 Å². The largest absolute Gasteiger partial charge is 0.334 e. The smallest absolute Gasteiger partial charge is 0.281 e. The van der Waals surface area contributed by atoms with Crippen LogP contribution in [0.1, 0.15) is 53.4 Å². The van der Waals surface area contributed by atoms with Gasteiger partial charge in [-0.1, -0.05) is 52.3 Å². The lowest BCUT2D eigenvalue weighted by Gasteiger charge is -2.22. The molecule has 1 amide bonds. The van der Waals surface area contributed by atoms with Crippen LogP contribution >= 0.6 is 11.8 Å². The third kappa shape index (κ3) is 7.71. The van der Waals surface area contributed by atoms with Crippen LogP contribution in [0.3, 0.4) is 0 Å². The van der Waals surface area contributed by atoms with E-state index >= 15 is 0 Å². The maximum Gasteiger partial charge on any atom is 0.281 e. The fourth-order valence-corrected chi connectivity index (χ4v) is 2.00. The van der Waals surface area contributed by atoms with Gasteiger partial charge in [0, 0.05) is 18.3 Å². The summed E-state index contributed by atoms with van der Waals surface area (Å²) in [6, 6.07) is 0. The average molecular weight is 231 g/mol. The molecule has 0 atom stereocenters. The van der Waals surface area contributed by atoms with Crippen molar-refractivity contribution in [3.8, 4) is 0 Å². The second-order valence-corrected chi connectivity index (χ2v) is 5.65. The van der Waals surface area contributed by atoms with E-state index in [0.29, 0.717) is 5.25 Å². The Morgan fingerprint density at radius 2 is 1.60 bits per heavy atom. The van der Waals surface area contributed by atoms with Crippen molar-refractivity contribution in [3.63, 3.8) is 0 Å². The first-order chi connectivity index (χ1) is 7.11. The summed E-state index contributed by atoms with van der Waals surface area (Å²) in [6.45, 7) is 10.3. The van der Waals surface area contributed by atoms with Gasteiger partial charge in [-0.15, -0.1) is 0 Å². The van der Waals surface area contributed by atoms with E-state index in [-0.39, 0.29) is 5.24 Å². The predicted molar refractivity (Wildman–Crippen MR) is 69.5 cm³/mol. The molecule has 15 heavy (non-hydrogen) atoms. The van der Waals surface area contributed by atoms with Gasteiger partial charge in [0.05, 0.1) is 0 Å². The molecule has 0 aromatic carbocycles. The summed E-state index contributed by atoms with van der Waals surface area (Å²) in [4.78, 5) is 13.9. The second kappa shape index (κ2) is 9.08. The fraction of sp³-hybridized carbons (Fsp3) is 0.917. The van der Waals surface area contributed by atoms with Crippen LogP contribution in [0.5, 0.6) is 0 Å².